The fourth-order valence-corrected chi connectivity index (χ4v) is 1.82. The topological polar surface area (TPSA) is 40.2 Å². The number of aromatic nitrogens is 1. The van der Waals surface area contributed by atoms with Crippen LogP contribution in [0.4, 0.5) is 0 Å². The average molecular weight is 248 g/mol. The van der Waals surface area contributed by atoms with Crippen LogP contribution in [0.5, 0.6) is 5.75 Å². The van der Waals surface area contributed by atoms with Crippen LogP contribution in [-0.4, -0.2) is 10.6 Å². The van der Waals surface area contributed by atoms with Gasteiger partial charge in [-0.2, -0.15) is 0 Å². The van der Waals surface area contributed by atoms with Crippen LogP contribution in [0.25, 0.3) is 11.9 Å². The van der Waals surface area contributed by atoms with Crippen molar-refractivity contribution in [3.63, 3.8) is 0 Å². The van der Waals surface area contributed by atoms with Gasteiger partial charge in [-0.3, -0.25) is 3.96 Å². The predicted octanol–water partition coefficient (Wildman–Crippen LogP) is 3.25. The lowest BCUT2D eigenvalue weighted by molar-refractivity contribution is 0.317. The van der Waals surface area contributed by atoms with E-state index in [2.05, 4.69) is 6.92 Å². The number of hydrogen-bond acceptors (Lipinski definition) is 3. The normalized spacial score (nSPS) is 11.7. The zero-order valence-corrected chi connectivity index (χ0v) is 10.6. The minimum Gasteiger partial charge on any atom is -0.494 e. The van der Waals surface area contributed by atoms with E-state index in [-0.39, 0.29) is 0 Å². The molecule has 2 rings (SSSR count). The molecule has 0 aliphatic heterocycles. The van der Waals surface area contributed by atoms with Gasteiger partial charge in [0.15, 0.2) is 0 Å². The Kier molecular flexibility index (Phi) is 3.88. The van der Waals surface area contributed by atoms with E-state index in [1.165, 1.54) is 0 Å². The van der Waals surface area contributed by atoms with E-state index in [1.54, 1.807) is 11.5 Å². The van der Waals surface area contributed by atoms with E-state index in [9.17, 15) is 0 Å². The van der Waals surface area contributed by atoms with Gasteiger partial charge in [0.05, 0.1) is 12.3 Å². The van der Waals surface area contributed by atoms with Gasteiger partial charge in [0.1, 0.15) is 5.75 Å². The highest BCUT2D eigenvalue weighted by Gasteiger charge is 1.99. The lowest BCUT2D eigenvalue weighted by Gasteiger charge is -2.07. The Morgan fingerprint density at radius 2 is 2.12 bits per heavy atom. The summed E-state index contributed by atoms with van der Waals surface area (Å²) in [6.07, 6.45) is 4.89. The molecule has 0 aliphatic carbocycles. The highest BCUT2D eigenvalue weighted by Crippen LogP contribution is 2.17. The quantitative estimate of drug-likeness (QED) is 0.882. The summed E-state index contributed by atoms with van der Waals surface area (Å²) in [6, 6.07) is 7.85. The number of nitrogens with zero attached hydrogens (tertiary/aromatic N) is 1. The molecule has 0 atom stereocenters. The second kappa shape index (κ2) is 5.59. The summed E-state index contributed by atoms with van der Waals surface area (Å²) >= 11 is 1.61. The summed E-state index contributed by atoms with van der Waals surface area (Å²) < 4.78 is 7.49. The monoisotopic (exact) mass is 248 g/mol. The molecule has 0 unspecified atom stereocenters. The Labute approximate surface area is 105 Å². The van der Waals surface area contributed by atoms with Crippen molar-refractivity contribution in [3.8, 4) is 5.75 Å². The van der Waals surface area contributed by atoms with Crippen LogP contribution in [0, 0.1) is 0 Å². The van der Waals surface area contributed by atoms with E-state index in [0.29, 0.717) is 0 Å². The molecular formula is C13H16N2OS. The molecule has 4 heteroatoms. The molecule has 1 heterocycles. The summed E-state index contributed by atoms with van der Waals surface area (Å²) in [6.45, 7) is 2.84. The van der Waals surface area contributed by atoms with Crippen molar-refractivity contribution in [1.29, 1.82) is 0 Å². The Balaban J connectivity index is 2.06. The molecule has 17 heavy (non-hydrogen) atoms. The Hall–Kier alpha value is -1.68. The maximum absolute atomic E-state index is 5.99. The SMILES string of the molecule is CCCOc1ccc(/C(N)=C/n2ccs2)cc1. The molecule has 0 aliphatic rings. The van der Waals surface area contributed by atoms with Crippen LogP contribution >= 0.6 is 11.5 Å². The third-order valence-electron chi connectivity index (χ3n) is 2.32. The van der Waals surface area contributed by atoms with Crippen molar-refractivity contribution in [2.24, 2.45) is 5.73 Å². The Bertz CT molecular complexity index is 473. The number of rotatable bonds is 5. The first-order valence-electron chi connectivity index (χ1n) is 5.62. The van der Waals surface area contributed by atoms with Crippen LogP contribution in [0.1, 0.15) is 18.9 Å². The molecule has 3 nitrogen and oxygen atoms in total. The zero-order valence-electron chi connectivity index (χ0n) is 9.80. The van der Waals surface area contributed by atoms with Crippen molar-refractivity contribution in [2.45, 2.75) is 13.3 Å². The molecule has 0 radical (unpaired) electrons. The van der Waals surface area contributed by atoms with Crippen molar-refractivity contribution >= 4 is 23.4 Å². The highest BCUT2D eigenvalue weighted by molar-refractivity contribution is 7.05. The number of hydrogen-bond donors (Lipinski definition) is 1. The van der Waals surface area contributed by atoms with Crippen LogP contribution in [0.2, 0.25) is 0 Å². The van der Waals surface area contributed by atoms with Crippen LogP contribution < -0.4 is 10.5 Å². The van der Waals surface area contributed by atoms with Gasteiger partial charge < -0.3 is 10.5 Å². The Morgan fingerprint density at radius 3 is 2.65 bits per heavy atom. The second-order valence-electron chi connectivity index (χ2n) is 3.71. The maximum Gasteiger partial charge on any atom is 0.119 e. The summed E-state index contributed by atoms with van der Waals surface area (Å²) in [7, 11) is 0. The first kappa shape index (κ1) is 11.8. The summed E-state index contributed by atoms with van der Waals surface area (Å²) in [4.78, 5) is 0. The smallest absolute Gasteiger partial charge is 0.119 e. The third kappa shape index (κ3) is 3.14. The molecule has 90 valence electrons. The first-order valence-corrected chi connectivity index (χ1v) is 6.45. The van der Waals surface area contributed by atoms with Gasteiger partial charge in [0, 0.05) is 17.8 Å². The van der Waals surface area contributed by atoms with Gasteiger partial charge in [0.2, 0.25) is 0 Å². The van der Waals surface area contributed by atoms with E-state index < -0.39 is 0 Å². The van der Waals surface area contributed by atoms with E-state index in [0.717, 1.165) is 30.0 Å². The number of benzene rings is 1. The summed E-state index contributed by atoms with van der Waals surface area (Å²) in [5.74, 6) is 0.890. The van der Waals surface area contributed by atoms with Crippen molar-refractivity contribution in [2.75, 3.05) is 6.61 Å². The molecule has 0 fully saturated rings. The molecule has 0 saturated carbocycles. The average Bonchev–Trinajstić information content (AvgIpc) is 2.31. The largest absolute Gasteiger partial charge is 0.494 e. The fraction of sp³-hybridized carbons (Fsp3) is 0.231. The van der Waals surface area contributed by atoms with Crippen LogP contribution in [-0.2, 0) is 0 Å². The summed E-state index contributed by atoms with van der Waals surface area (Å²) in [5, 5.41) is 2.01. The van der Waals surface area contributed by atoms with Gasteiger partial charge in [-0.25, -0.2) is 0 Å². The minimum absolute atomic E-state index is 0.750. The molecule has 2 N–H and O–H groups in total. The van der Waals surface area contributed by atoms with E-state index in [4.69, 9.17) is 10.5 Å². The Morgan fingerprint density at radius 1 is 1.41 bits per heavy atom. The predicted molar refractivity (Wildman–Crippen MR) is 72.9 cm³/mol. The number of nitrogens with two attached hydrogens (primary N) is 1. The molecule has 0 saturated heterocycles. The van der Waals surface area contributed by atoms with Gasteiger partial charge in [-0.15, -0.1) is 0 Å². The van der Waals surface area contributed by atoms with Crippen molar-refractivity contribution < 1.29 is 4.74 Å². The maximum atomic E-state index is 5.99. The second-order valence-corrected chi connectivity index (χ2v) is 4.61. The van der Waals surface area contributed by atoms with Gasteiger partial charge >= 0.3 is 0 Å². The lowest BCUT2D eigenvalue weighted by atomic mass is 10.2. The van der Waals surface area contributed by atoms with Crippen molar-refractivity contribution in [1.82, 2.24) is 3.96 Å². The van der Waals surface area contributed by atoms with Gasteiger partial charge in [-0.1, -0.05) is 18.5 Å². The zero-order chi connectivity index (χ0) is 12.1. The van der Waals surface area contributed by atoms with Gasteiger partial charge in [0.25, 0.3) is 0 Å². The standard InChI is InChI=1S/C13H16N2OS/c1-2-8-16-12-5-3-11(4-6-12)13(14)10-15-7-9-17-15/h3-7,9-10H,2,8,14H2,1H3/b13-10-. The molecular weight excluding hydrogens is 232 g/mol. The lowest BCUT2D eigenvalue weighted by Crippen LogP contribution is -1.99. The molecule has 1 aromatic carbocycles. The fourth-order valence-electron chi connectivity index (χ4n) is 1.38. The highest BCUT2D eigenvalue weighted by atomic mass is 32.1. The van der Waals surface area contributed by atoms with Gasteiger partial charge in [-0.05, 0) is 36.2 Å². The third-order valence-corrected chi connectivity index (χ3v) is 3.03. The number of ether oxygens (including phenoxy) is 1. The molecule has 0 spiro atoms. The van der Waals surface area contributed by atoms with E-state index >= 15 is 0 Å². The van der Waals surface area contributed by atoms with Crippen molar-refractivity contribution in [3.05, 3.63) is 41.4 Å². The minimum atomic E-state index is 0.750. The van der Waals surface area contributed by atoms with Crippen LogP contribution in [0.15, 0.2) is 35.8 Å². The van der Waals surface area contributed by atoms with Crippen LogP contribution in [0.3, 0.4) is 0 Å². The molecule has 0 amide bonds. The summed E-state index contributed by atoms with van der Waals surface area (Å²) in [5.41, 5.74) is 7.75. The van der Waals surface area contributed by atoms with E-state index in [1.807, 2.05) is 46.0 Å². The molecule has 0 bridgehead atoms. The molecule has 1 aromatic heterocycles. The first-order chi connectivity index (χ1) is 8.29. The molecule has 2 aromatic rings.